The molecular formula is C18H20N2O3. The third kappa shape index (κ3) is 3.94. The lowest BCUT2D eigenvalue weighted by Gasteiger charge is -2.22. The number of unbranched alkanes of at least 4 members (excludes halogenated alkanes) is 1. The van der Waals surface area contributed by atoms with Crippen molar-refractivity contribution in [2.24, 2.45) is 0 Å². The second-order valence-electron chi connectivity index (χ2n) is 5.28. The van der Waals surface area contributed by atoms with E-state index < -0.39 is 5.97 Å². The number of hydrogen-bond acceptors (Lipinski definition) is 3. The van der Waals surface area contributed by atoms with Gasteiger partial charge in [-0.2, -0.15) is 0 Å². The molecule has 0 saturated heterocycles. The van der Waals surface area contributed by atoms with Crippen molar-refractivity contribution in [3.63, 3.8) is 0 Å². The van der Waals surface area contributed by atoms with E-state index in [1.54, 1.807) is 11.8 Å². The number of carbonyl (C=O) groups is 2. The van der Waals surface area contributed by atoms with E-state index in [-0.39, 0.29) is 17.2 Å². The highest BCUT2D eigenvalue weighted by Gasteiger charge is 2.20. The van der Waals surface area contributed by atoms with Crippen LogP contribution >= 0.6 is 0 Å². The molecule has 1 amide bonds. The van der Waals surface area contributed by atoms with Crippen LogP contribution < -0.4 is 4.90 Å². The Labute approximate surface area is 135 Å². The van der Waals surface area contributed by atoms with Gasteiger partial charge < -0.3 is 10.0 Å². The minimum atomic E-state index is -1.04. The van der Waals surface area contributed by atoms with Gasteiger partial charge in [0.05, 0.1) is 11.3 Å². The molecule has 0 atom stereocenters. The molecule has 5 heteroatoms. The predicted octanol–water partition coefficient (Wildman–Crippen LogP) is 3.54. The topological polar surface area (TPSA) is 70.5 Å². The number of anilines is 1. The average Bonchev–Trinajstić information content (AvgIpc) is 2.55. The summed E-state index contributed by atoms with van der Waals surface area (Å²) in [5.74, 6) is -1.26. The lowest BCUT2D eigenvalue weighted by atomic mass is 10.1. The number of amides is 1. The summed E-state index contributed by atoms with van der Waals surface area (Å²) in [6.45, 7) is 4.26. The van der Waals surface area contributed by atoms with E-state index in [0.29, 0.717) is 12.2 Å². The molecule has 5 nitrogen and oxygen atoms in total. The smallest absolute Gasteiger partial charge is 0.337 e. The van der Waals surface area contributed by atoms with E-state index >= 15 is 0 Å². The molecule has 1 aromatic carbocycles. The third-order valence-electron chi connectivity index (χ3n) is 3.58. The van der Waals surface area contributed by atoms with Crippen molar-refractivity contribution in [2.75, 3.05) is 11.4 Å². The number of para-hydroxylation sites is 1. The van der Waals surface area contributed by atoms with Gasteiger partial charge in [0.15, 0.2) is 0 Å². The van der Waals surface area contributed by atoms with Crippen molar-refractivity contribution >= 4 is 17.6 Å². The molecule has 1 aromatic heterocycles. The van der Waals surface area contributed by atoms with Crippen molar-refractivity contribution in [1.29, 1.82) is 0 Å². The number of carboxylic acids is 1. The Hall–Kier alpha value is -2.69. The second kappa shape index (κ2) is 7.54. The largest absolute Gasteiger partial charge is 0.478 e. The quantitative estimate of drug-likeness (QED) is 0.885. The number of pyridine rings is 1. The van der Waals surface area contributed by atoms with Crippen LogP contribution in [-0.4, -0.2) is 28.5 Å². The minimum absolute atomic E-state index is 0.112. The lowest BCUT2D eigenvalue weighted by molar-refractivity contribution is 0.0695. The zero-order valence-corrected chi connectivity index (χ0v) is 13.3. The number of aromatic carboxylic acids is 1. The number of carbonyl (C=O) groups excluding carboxylic acids is 1. The molecule has 0 fully saturated rings. The van der Waals surface area contributed by atoms with Gasteiger partial charge in [-0.05, 0) is 37.6 Å². The summed E-state index contributed by atoms with van der Waals surface area (Å²) >= 11 is 0. The molecule has 1 heterocycles. The molecule has 23 heavy (non-hydrogen) atoms. The van der Waals surface area contributed by atoms with Crippen LogP contribution in [0, 0.1) is 6.92 Å². The fraction of sp³-hybridized carbons (Fsp3) is 0.278. The van der Waals surface area contributed by atoms with Gasteiger partial charge in [-0.1, -0.05) is 31.5 Å². The lowest BCUT2D eigenvalue weighted by Crippen LogP contribution is -2.32. The van der Waals surface area contributed by atoms with E-state index in [4.69, 9.17) is 5.11 Å². The van der Waals surface area contributed by atoms with Crippen LogP contribution in [0.1, 0.15) is 46.3 Å². The molecule has 0 radical (unpaired) electrons. The third-order valence-corrected chi connectivity index (χ3v) is 3.58. The highest BCUT2D eigenvalue weighted by molar-refractivity contribution is 6.05. The van der Waals surface area contributed by atoms with Crippen molar-refractivity contribution < 1.29 is 14.7 Å². The maximum atomic E-state index is 12.8. The van der Waals surface area contributed by atoms with Crippen LogP contribution in [0.3, 0.4) is 0 Å². The van der Waals surface area contributed by atoms with Crippen molar-refractivity contribution in [2.45, 2.75) is 26.7 Å². The van der Waals surface area contributed by atoms with E-state index in [1.165, 1.54) is 12.1 Å². The summed E-state index contributed by atoms with van der Waals surface area (Å²) in [6, 6.07) is 12.3. The number of nitrogens with zero attached hydrogens (tertiary/aromatic N) is 2. The van der Waals surface area contributed by atoms with Crippen LogP contribution in [0.15, 0.2) is 42.5 Å². The molecule has 1 N–H and O–H groups in total. The van der Waals surface area contributed by atoms with Gasteiger partial charge in [-0.3, -0.25) is 4.79 Å². The zero-order chi connectivity index (χ0) is 16.8. The van der Waals surface area contributed by atoms with Crippen molar-refractivity contribution in [3.05, 3.63) is 59.4 Å². The molecule has 2 aromatic rings. The molecule has 0 aliphatic rings. The van der Waals surface area contributed by atoms with Crippen LogP contribution in [0.5, 0.6) is 0 Å². The molecule has 0 saturated carbocycles. The Morgan fingerprint density at radius 3 is 2.39 bits per heavy atom. The first-order valence-corrected chi connectivity index (χ1v) is 7.62. The van der Waals surface area contributed by atoms with Crippen molar-refractivity contribution in [1.82, 2.24) is 4.98 Å². The summed E-state index contributed by atoms with van der Waals surface area (Å²) in [4.78, 5) is 29.7. The number of aromatic nitrogens is 1. The first-order valence-electron chi connectivity index (χ1n) is 7.62. The molecule has 0 bridgehead atoms. The highest BCUT2D eigenvalue weighted by Crippen LogP contribution is 2.18. The number of aryl methyl sites for hydroxylation is 1. The van der Waals surface area contributed by atoms with Gasteiger partial charge in [0.2, 0.25) is 0 Å². The van der Waals surface area contributed by atoms with Gasteiger partial charge in [0.1, 0.15) is 5.69 Å². The Morgan fingerprint density at radius 1 is 1.13 bits per heavy atom. The van der Waals surface area contributed by atoms with E-state index in [0.717, 1.165) is 18.5 Å². The molecule has 0 spiro atoms. The van der Waals surface area contributed by atoms with Crippen LogP contribution in [0.25, 0.3) is 0 Å². The number of benzene rings is 1. The first-order chi connectivity index (χ1) is 11.0. The van der Waals surface area contributed by atoms with Gasteiger partial charge in [0.25, 0.3) is 5.91 Å². The SMILES string of the molecule is CCCCN(C(=O)c1ccc(C(=O)O)c(C)n1)c1ccccc1. The second-order valence-corrected chi connectivity index (χ2v) is 5.28. The standard InChI is InChI=1S/C18H20N2O3/c1-3-4-12-20(14-8-6-5-7-9-14)17(21)16-11-10-15(18(22)23)13(2)19-16/h5-11H,3-4,12H2,1-2H3,(H,22,23). The van der Waals surface area contributed by atoms with E-state index in [9.17, 15) is 9.59 Å². The summed E-state index contributed by atoms with van der Waals surface area (Å²) in [5, 5.41) is 9.06. The Morgan fingerprint density at radius 2 is 1.83 bits per heavy atom. The molecule has 0 aliphatic heterocycles. The Balaban J connectivity index is 2.34. The monoisotopic (exact) mass is 312 g/mol. The normalized spacial score (nSPS) is 10.3. The summed E-state index contributed by atoms with van der Waals surface area (Å²) in [6.07, 6.45) is 1.86. The fourth-order valence-electron chi connectivity index (χ4n) is 2.32. The molecule has 0 unspecified atom stereocenters. The maximum Gasteiger partial charge on any atom is 0.337 e. The molecule has 2 rings (SSSR count). The molecule has 0 aliphatic carbocycles. The van der Waals surface area contributed by atoms with Crippen LogP contribution in [0.4, 0.5) is 5.69 Å². The van der Waals surface area contributed by atoms with Gasteiger partial charge in [-0.15, -0.1) is 0 Å². The van der Waals surface area contributed by atoms with Crippen molar-refractivity contribution in [3.8, 4) is 0 Å². The number of rotatable bonds is 6. The van der Waals surface area contributed by atoms with Gasteiger partial charge in [-0.25, -0.2) is 9.78 Å². The minimum Gasteiger partial charge on any atom is -0.478 e. The number of carboxylic acid groups (broad SMARTS) is 1. The highest BCUT2D eigenvalue weighted by atomic mass is 16.4. The van der Waals surface area contributed by atoms with Crippen LogP contribution in [-0.2, 0) is 0 Å². The Bertz CT molecular complexity index is 699. The molecule has 120 valence electrons. The Kier molecular flexibility index (Phi) is 5.46. The van der Waals surface area contributed by atoms with Gasteiger partial charge >= 0.3 is 5.97 Å². The summed E-state index contributed by atoms with van der Waals surface area (Å²) in [5.41, 5.74) is 1.52. The maximum absolute atomic E-state index is 12.8. The number of hydrogen-bond donors (Lipinski definition) is 1. The van der Waals surface area contributed by atoms with Crippen LogP contribution in [0.2, 0.25) is 0 Å². The summed E-state index contributed by atoms with van der Waals surface area (Å²) in [7, 11) is 0. The predicted molar refractivity (Wildman–Crippen MR) is 89.0 cm³/mol. The summed E-state index contributed by atoms with van der Waals surface area (Å²) < 4.78 is 0. The van der Waals surface area contributed by atoms with Gasteiger partial charge in [0, 0.05) is 12.2 Å². The van der Waals surface area contributed by atoms with E-state index in [2.05, 4.69) is 11.9 Å². The van der Waals surface area contributed by atoms with E-state index in [1.807, 2.05) is 30.3 Å². The first kappa shape index (κ1) is 16.7. The average molecular weight is 312 g/mol. The molecular weight excluding hydrogens is 292 g/mol. The fourth-order valence-corrected chi connectivity index (χ4v) is 2.32. The zero-order valence-electron chi connectivity index (χ0n) is 13.3.